The van der Waals surface area contributed by atoms with Crippen molar-refractivity contribution < 1.29 is 100 Å². The highest BCUT2D eigenvalue weighted by atomic mass is 16.7. The molecule has 2 aromatic carbocycles. The molecule has 3 unspecified atom stereocenters. The van der Waals surface area contributed by atoms with E-state index in [0.717, 1.165) is 55.0 Å². The first kappa shape index (κ1) is 82.4. The van der Waals surface area contributed by atoms with E-state index in [-0.39, 0.29) is 110 Å². The Bertz CT molecular complexity index is 3840. The van der Waals surface area contributed by atoms with Gasteiger partial charge in [-0.3, -0.25) is 38.5 Å². The van der Waals surface area contributed by atoms with Crippen LogP contribution in [0.2, 0.25) is 0 Å². The molecular formula is C76H103N9O22. The zero-order valence-corrected chi connectivity index (χ0v) is 61.9. The Morgan fingerprint density at radius 2 is 1.37 bits per heavy atom. The van der Waals surface area contributed by atoms with Gasteiger partial charge >= 0.3 is 12.1 Å². The number of unbranched alkanes of at least 4 members (excludes halogenated alkanes) is 2. The molecule has 9 rings (SSSR count). The molecule has 1 saturated heterocycles. The molecule has 31 heteroatoms. The Hall–Kier alpha value is -8.66. The molecule has 3 atom stereocenters. The molecule has 4 aliphatic rings. The molecule has 1 aliphatic carbocycles. The van der Waals surface area contributed by atoms with Crippen LogP contribution in [0, 0.1) is 17.8 Å². The third kappa shape index (κ3) is 24.2. The molecule has 107 heavy (non-hydrogen) atoms. The summed E-state index contributed by atoms with van der Waals surface area (Å²) in [5, 5.41) is 27.8. The van der Waals surface area contributed by atoms with Crippen LogP contribution >= 0.6 is 0 Å². The number of hydrogen-bond donors (Lipinski definition) is 4. The largest absolute Gasteiger partial charge is 0.510 e. The summed E-state index contributed by atoms with van der Waals surface area (Å²) < 4.78 is 70.1. The van der Waals surface area contributed by atoms with Crippen LogP contribution in [0.3, 0.4) is 0 Å². The number of aryl methyl sites for hydroxylation is 1. The molecule has 584 valence electrons. The first-order valence-corrected chi connectivity index (χ1v) is 37.3. The highest BCUT2D eigenvalue weighted by molar-refractivity contribution is 6.03. The van der Waals surface area contributed by atoms with E-state index in [1.807, 2.05) is 13.8 Å². The number of imide groups is 1. The summed E-state index contributed by atoms with van der Waals surface area (Å²) >= 11 is 0. The number of carbonyl (C=O) groups excluding carboxylic acids is 8. The number of fused-ring (bicyclic) bond motifs is 5. The van der Waals surface area contributed by atoms with E-state index in [1.54, 1.807) is 77.8 Å². The van der Waals surface area contributed by atoms with Crippen LogP contribution in [0.25, 0.3) is 22.3 Å². The summed E-state index contributed by atoms with van der Waals surface area (Å²) in [5.74, 6) is -2.26. The number of ether oxygens (including phenoxy) is 12. The summed E-state index contributed by atoms with van der Waals surface area (Å²) in [6.07, 6.45) is 7.91. The zero-order chi connectivity index (χ0) is 75.9. The van der Waals surface area contributed by atoms with E-state index in [1.165, 1.54) is 4.90 Å². The maximum absolute atomic E-state index is 14.1. The molecule has 6 heterocycles. The lowest BCUT2D eigenvalue weighted by Gasteiger charge is -2.35. The standard InChI is InChI=1S/C76H103N9O22/c1-5-8-9-12-65(71(91)78-55-19-15-53(16-20-55)47-106-75(95)107-76(7-3)63-42-66-69-61(46-84(66)73(93)62(63)49-105-74(76)94)59(6-2)60-41-57(86)21-22-64(60)80-69)79-67(88)50-104-48-58(87)11-10-24-96-26-28-98-30-32-100-34-36-102-38-39-103-37-35-101-33-31-99-29-27-97-25-23-83-45-56(81-82-83)43-77-70(90)54-17-13-52(14-18-54)44-85-68(89)40-51(4)72(85)92/h15-16,19-22,41-42,45,51-52,54,65,86H,5-14,17-18,23-40,43-44,46-50H2,1-4H3,(H,77,90)(H,78,91)(H,79,88). The molecule has 0 radical (unpaired) electrons. The summed E-state index contributed by atoms with van der Waals surface area (Å²) in [6, 6.07) is 12.2. The Morgan fingerprint density at radius 3 is 1.99 bits per heavy atom. The number of phenols is 1. The first-order valence-electron chi connectivity index (χ1n) is 37.3. The number of nitrogens with one attached hydrogen (secondary N) is 3. The maximum Gasteiger partial charge on any atom is 0.510 e. The Morgan fingerprint density at radius 1 is 0.729 bits per heavy atom. The van der Waals surface area contributed by atoms with Crippen LogP contribution in [0.5, 0.6) is 5.75 Å². The van der Waals surface area contributed by atoms with Gasteiger partial charge < -0.3 is 82.5 Å². The fourth-order valence-electron chi connectivity index (χ4n) is 13.3. The predicted molar refractivity (Wildman–Crippen MR) is 385 cm³/mol. The summed E-state index contributed by atoms with van der Waals surface area (Å²) in [7, 11) is 0. The number of Topliss-reactive ketones (excluding diaryl/α,β-unsaturated/α-hetero) is 1. The van der Waals surface area contributed by atoms with Gasteiger partial charge in [0.25, 0.3) is 5.56 Å². The lowest BCUT2D eigenvalue weighted by Crippen LogP contribution is -2.47. The number of amides is 5. The van der Waals surface area contributed by atoms with Crippen LogP contribution < -0.4 is 21.5 Å². The van der Waals surface area contributed by atoms with Gasteiger partial charge in [0.15, 0.2) is 5.78 Å². The lowest BCUT2D eigenvalue weighted by molar-refractivity contribution is -0.175. The van der Waals surface area contributed by atoms with Gasteiger partial charge in [-0.15, -0.1) is 5.10 Å². The van der Waals surface area contributed by atoms with Crippen molar-refractivity contribution in [2.75, 3.05) is 131 Å². The van der Waals surface area contributed by atoms with Gasteiger partial charge in [-0.1, -0.05) is 64.3 Å². The molecule has 0 bridgehead atoms. The number of aromatic hydroxyl groups is 1. The normalized spacial score (nSPS) is 17.7. The quantitative estimate of drug-likeness (QED) is 0.0184. The summed E-state index contributed by atoms with van der Waals surface area (Å²) in [4.78, 5) is 124. The number of hydrogen-bond acceptors (Lipinski definition) is 25. The number of nitrogens with zero attached hydrogens (tertiary/aromatic N) is 6. The van der Waals surface area contributed by atoms with Gasteiger partial charge in [-0.05, 0) is 105 Å². The van der Waals surface area contributed by atoms with E-state index in [0.29, 0.717) is 178 Å². The van der Waals surface area contributed by atoms with Gasteiger partial charge in [0.2, 0.25) is 35.1 Å². The fourth-order valence-corrected chi connectivity index (χ4v) is 13.3. The number of carbonyl (C=O) groups is 8. The van der Waals surface area contributed by atoms with Crippen LogP contribution in [-0.2, 0) is 135 Å². The minimum atomic E-state index is -2.00. The second-order valence-corrected chi connectivity index (χ2v) is 26.9. The number of aromatic nitrogens is 5. The van der Waals surface area contributed by atoms with Crippen molar-refractivity contribution in [3.63, 3.8) is 0 Å². The number of esters is 1. The van der Waals surface area contributed by atoms with Crippen LogP contribution in [0.15, 0.2) is 59.5 Å². The average molecular weight is 1490 g/mol. The second-order valence-electron chi connectivity index (χ2n) is 26.9. The lowest BCUT2D eigenvalue weighted by atomic mass is 9.81. The number of phenolic OH excluding ortho intramolecular Hbond substituents is 1. The van der Waals surface area contributed by atoms with Crippen molar-refractivity contribution in [1.82, 2.24) is 40.1 Å². The van der Waals surface area contributed by atoms with Crippen molar-refractivity contribution in [2.24, 2.45) is 17.8 Å². The third-order valence-corrected chi connectivity index (χ3v) is 19.2. The van der Waals surface area contributed by atoms with E-state index >= 15 is 0 Å². The minimum Gasteiger partial charge on any atom is -0.508 e. The second kappa shape index (κ2) is 42.8. The molecule has 4 N–H and O–H groups in total. The number of ketones is 1. The maximum atomic E-state index is 14.1. The van der Waals surface area contributed by atoms with E-state index in [4.69, 9.17) is 61.8 Å². The van der Waals surface area contributed by atoms with Crippen LogP contribution in [0.1, 0.15) is 138 Å². The van der Waals surface area contributed by atoms with Crippen LogP contribution in [0.4, 0.5) is 10.5 Å². The van der Waals surface area contributed by atoms with E-state index < -0.39 is 47.7 Å². The van der Waals surface area contributed by atoms with Gasteiger partial charge in [0.1, 0.15) is 43.9 Å². The minimum absolute atomic E-state index is 0.0151. The van der Waals surface area contributed by atoms with Crippen molar-refractivity contribution in [1.29, 1.82) is 0 Å². The zero-order valence-electron chi connectivity index (χ0n) is 61.9. The first-order chi connectivity index (χ1) is 52.0. The predicted octanol–water partition coefficient (Wildman–Crippen LogP) is 6.32. The number of cyclic esters (lactones) is 1. The molecule has 5 amide bonds. The van der Waals surface area contributed by atoms with Gasteiger partial charge in [-0.25, -0.2) is 19.3 Å². The fraction of sp³-hybridized carbons (Fsp3) is 0.605. The van der Waals surface area contributed by atoms with Crippen LogP contribution in [-0.4, -0.2) is 214 Å². The molecule has 31 nitrogen and oxygen atoms in total. The molecule has 0 spiro atoms. The smallest absolute Gasteiger partial charge is 0.508 e. The highest BCUT2D eigenvalue weighted by Crippen LogP contribution is 2.43. The van der Waals surface area contributed by atoms with E-state index in [9.17, 15) is 48.3 Å². The number of benzene rings is 2. The monoisotopic (exact) mass is 1490 g/mol. The Labute approximate surface area is 621 Å². The topological polar surface area (TPSA) is 372 Å². The highest BCUT2D eigenvalue weighted by Gasteiger charge is 2.51. The Balaban J connectivity index is 0.527. The molecular weight excluding hydrogens is 1390 g/mol. The van der Waals surface area contributed by atoms with Gasteiger partial charge in [0, 0.05) is 60.0 Å². The van der Waals surface area contributed by atoms with Gasteiger partial charge in [-0.2, -0.15) is 0 Å². The number of likely N-dealkylation sites (tertiary alicyclic amines) is 1. The van der Waals surface area contributed by atoms with Crippen molar-refractivity contribution in [3.05, 3.63) is 98.6 Å². The molecule has 5 aromatic rings. The van der Waals surface area contributed by atoms with Crippen molar-refractivity contribution in [2.45, 2.75) is 156 Å². The average Bonchev–Trinajstić information content (AvgIpc) is 1.61. The number of pyridine rings is 2. The SMILES string of the molecule is CCCCCC(NC(=O)COCC(=O)CCCOCCOCCOCCOCCOCCOCCOCCOCCn1cc(CNC(=O)C2CCC(CN3C(=O)CC(C)C3=O)CC2)nn1)C(=O)Nc1ccc(COC(=O)OC2(CC)C(=O)OCc3c2cc2n(c3=O)Cc3c-2nc2ccc(O)cc2c3CC)cc1. The van der Waals surface area contributed by atoms with E-state index in [2.05, 4.69) is 26.3 Å². The molecule has 2 fully saturated rings. The molecule has 3 aliphatic heterocycles. The number of anilines is 1. The van der Waals surface area contributed by atoms with Gasteiger partial charge in [0.05, 0.1) is 147 Å². The third-order valence-electron chi connectivity index (χ3n) is 19.2. The molecule has 3 aromatic heterocycles. The Kier molecular flexibility index (Phi) is 32.9. The summed E-state index contributed by atoms with van der Waals surface area (Å²) in [5.41, 5.74) is 2.95. The van der Waals surface area contributed by atoms with Crippen molar-refractivity contribution in [3.8, 4) is 17.1 Å². The molecule has 1 saturated carbocycles. The van der Waals surface area contributed by atoms with Crippen molar-refractivity contribution >= 4 is 64.0 Å². The number of rotatable bonds is 49. The summed E-state index contributed by atoms with van der Waals surface area (Å²) in [6.45, 7) is 14.0.